The number of aryl methyl sites for hydroxylation is 1. The predicted octanol–water partition coefficient (Wildman–Crippen LogP) is 2.14. The van der Waals surface area contributed by atoms with Crippen molar-refractivity contribution in [2.45, 2.75) is 42.8 Å². The van der Waals surface area contributed by atoms with Crippen LogP contribution < -0.4 is 4.72 Å². The molecule has 0 aromatic carbocycles. The zero-order valence-electron chi connectivity index (χ0n) is 9.40. The molecule has 92 valence electrons. The van der Waals surface area contributed by atoms with Crippen molar-refractivity contribution in [3.05, 3.63) is 11.2 Å². The highest BCUT2D eigenvalue weighted by atomic mass is 35.5. The van der Waals surface area contributed by atoms with Gasteiger partial charge in [0.1, 0.15) is 0 Å². The van der Waals surface area contributed by atoms with Gasteiger partial charge in [0.15, 0.2) is 4.21 Å². The molecule has 2 unspecified atom stereocenters. The molecule has 1 N–H and O–H groups in total. The summed E-state index contributed by atoms with van der Waals surface area (Å²) in [6, 6.07) is -0.181. The molecule has 0 spiro atoms. The van der Waals surface area contributed by atoms with E-state index in [1.165, 1.54) is 6.20 Å². The van der Waals surface area contributed by atoms with Crippen LogP contribution in [0.15, 0.2) is 10.4 Å². The first-order chi connectivity index (χ1) is 7.31. The van der Waals surface area contributed by atoms with Crippen molar-refractivity contribution in [3.63, 3.8) is 0 Å². The van der Waals surface area contributed by atoms with Gasteiger partial charge in [-0.2, -0.15) is 0 Å². The van der Waals surface area contributed by atoms with E-state index in [0.29, 0.717) is 6.42 Å². The first-order valence-corrected chi connectivity index (χ1v) is 7.63. The van der Waals surface area contributed by atoms with Crippen LogP contribution in [0.4, 0.5) is 0 Å². The van der Waals surface area contributed by atoms with Gasteiger partial charge >= 0.3 is 0 Å². The summed E-state index contributed by atoms with van der Waals surface area (Å²) in [5, 5.41) is 0.680. The van der Waals surface area contributed by atoms with Crippen LogP contribution >= 0.6 is 22.9 Å². The van der Waals surface area contributed by atoms with Crippen molar-refractivity contribution in [2.75, 3.05) is 0 Å². The van der Waals surface area contributed by atoms with E-state index < -0.39 is 10.0 Å². The maximum Gasteiger partial charge on any atom is 0.251 e. The Kier molecular flexibility index (Phi) is 4.73. The molecule has 0 aliphatic heterocycles. The quantitative estimate of drug-likeness (QED) is 0.842. The maximum atomic E-state index is 11.9. The average molecular weight is 283 g/mol. The third-order valence-electron chi connectivity index (χ3n) is 1.90. The van der Waals surface area contributed by atoms with Gasteiger partial charge in [-0.25, -0.2) is 18.1 Å². The van der Waals surface area contributed by atoms with E-state index in [1.54, 1.807) is 13.8 Å². The molecule has 0 saturated carbocycles. The number of halogens is 1. The first kappa shape index (κ1) is 13.9. The number of thiazole rings is 1. The number of aromatic nitrogens is 1. The molecular formula is C9H15ClN2O2S2. The van der Waals surface area contributed by atoms with Crippen molar-refractivity contribution >= 4 is 33.0 Å². The fourth-order valence-corrected chi connectivity index (χ4v) is 3.97. The number of alkyl halides is 1. The van der Waals surface area contributed by atoms with Crippen molar-refractivity contribution in [1.82, 2.24) is 9.71 Å². The fraction of sp³-hybridized carbons (Fsp3) is 0.667. The van der Waals surface area contributed by atoms with Crippen LogP contribution in [-0.2, 0) is 10.0 Å². The Labute approximate surface area is 105 Å². The summed E-state index contributed by atoms with van der Waals surface area (Å²) in [6.45, 7) is 5.40. The number of hydrogen-bond acceptors (Lipinski definition) is 4. The van der Waals surface area contributed by atoms with Crippen molar-refractivity contribution in [1.29, 1.82) is 0 Å². The molecule has 1 rings (SSSR count). The molecule has 1 aromatic heterocycles. The Morgan fingerprint density at radius 3 is 2.62 bits per heavy atom. The van der Waals surface area contributed by atoms with Gasteiger partial charge in [-0.15, -0.1) is 22.9 Å². The molecular weight excluding hydrogens is 268 g/mol. The molecule has 0 saturated heterocycles. The summed E-state index contributed by atoms with van der Waals surface area (Å²) < 4.78 is 26.5. The Bertz CT molecular complexity index is 442. The van der Waals surface area contributed by atoms with E-state index in [0.717, 1.165) is 16.3 Å². The third-order valence-corrected chi connectivity index (χ3v) is 5.04. The second-order valence-electron chi connectivity index (χ2n) is 3.74. The molecule has 0 amide bonds. The predicted molar refractivity (Wildman–Crippen MR) is 66.6 cm³/mol. The lowest BCUT2D eigenvalue weighted by molar-refractivity contribution is 0.547. The second kappa shape index (κ2) is 5.44. The summed E-state index contributed by atoms with van der Waals surface area (Å²) >= 11 is 6.97. The van der Waals surface area contributed by atoms with E-state index in [9.17, 15) is 8.42 Å². The average Bonchev–Trinajstić information content (AvgIpc) is 2.49. The minimum Gasteiger partial charge on any atom is -0.249 e. The molecule has 7 heteroatoms. The summed E-state index contributed by atoms with van der Waals surface area (Å²) in [5.41, 5.74) is 0. The molecule has 0 aliphatic carbocycles. The standard InChI is InChI=1S/C9H15ClN2O2S2/c1-6(10)4-7(2)12-16(13,14)9-5-11-8(3)15-9/h5-7,12H,4H2,1-3H3. The van der Waals surface area contributed by atoms with Crippen LogP contribution in [0.2, 0.25) is 0 Å². The normalized spacial score (nSPS) is 16.0. The molecule has 2 atom stereocenters. The molecule has 0 radical (unpaired) electrons. The fourth-order valence-electron chi connectivity index (χ4n) is 1.32. The van der Waals surface area contributed by atoms with Gasteiger partial charge in [-0.05, 0) is 27.2 Å². The molecule has 0 aliphatic rings. The molecule has 1 aromatic rings. The van der Waals surface area contributed by atoms with E-state index in [1.807, 2.05) is 6.92 Å². The van der Waals surface area contributed by atoms with Gasteiger partial charge in [-0.3, -0.25) is 0 Å². The van der Waals surface area contributed by atoms with Crippen LogP contribution in [0.3, 0.4) is 0 Å². The highest BCUT2D eigenvalue weighted by Crippen LogP contribution is 2.18. The van der Waals surface area contributed by atoms with Gasteiger partial charge < -0.3 is 0 Å². The second-order valence-corrected chi connectivity index (χ2v) is 7.66. The van der Waals surface area contributed by atoms with E-state index in [-0.39, 0.29) is 15.6 Å². The minimum atomic E-state index is -3.44. The topological polar surface area (TPSA) is 59.1 Å². The Hall–Kier alpha value is -0.170. The smallest absolute Gasteiger partial charge is 0.249 e. The van der Waals surface area contributed by atoms with Gasteiger partial charge in [0, 0.05) is 11.4 Å². The van der Waals surface area contributed by atoms with Crippen LogP contribution in [-0.4, -0.2) is 24.8 Å². The zero-order chi connectivity index (χ0) is 12.3. The molecule has 16 heavy (non-hydrogen) atoms. The first-order valence-electron chi connectivity index (χ1n) is 4.90. The lowest BCUT2D eigenvalue weighted by atomic mass is 10.2. The van der Waals surface area contributed by atoms with E-state index in [2.05, 4.69) is 9.71 Å². The SMILES string of the molecule is Cc1ncc(S(=O)(=O)NC(C)CC(C)Cl)s1. The Morgan fingerprint density at radius 2 is 2.19 bits per heavy atom. The Balaban J connectivity index is 2.73. The van der Waals surface area contributed by atoms with Gasteiger partial charge in [0.25, 0.3) is 10.0 Å². The number of hydrogen-bond donors (Lipinski definition) is 1. The van der Waals surface area contributed by atoms with E-state index >= 15 is 0 Å². The molecule has 4 nitrogen and oxygen atoms in total. The highest BCUT2D eigenvalue weighted by Gasteiger charge is 2.20. The van der Waals surface area contributed by atoms with Crippen LogP contribution in [0.25, 0.3) is 0 Å². The lowest BCUT2D eigenvalue weighted by Crippen LogP contribution is -2.33. The van der Waals surface area contributed by atoms with Gasteiger partial charge in [-0.1, -0.05) is 0 Å². The minimum absolute atomic E-state index is 0.0547. The zero-order valence-corrected chi connectivity index (χ0v) is 11.8. The number of nitrogens with zero attached hydrogens (tertiary/aromatic N) is 1. The van der Waals surface area contributed by atoms with Crippen LogP contribution in [0.1, 0.15) is 25.3 Å². The number of nitrogens with one attached hydrogen (secondary N) is 1. The maximum absolute atomic E-state index is 11.9. The number of rotatable bonds is 5. The monoisotopic (exact) mass is 282 g/mol. The lowest BCUT2D eigenvalue weighted by Gasteiger charge is -2.13. The summed E-state index contributed by atoms with van der Waals surface area (Å²) in [5.74, 6) is 0. The van der Waals surface area contributed by atoms with Gasteiger partial charge in [0.2, 0.25) is 0 Å². The number of sulfonamides is 1. The van der Waals surface area contributed by atoms with E-state index in [4.69, 9.17) is 11.6 Å². The molecule has 1 heterocycles. The van der Waals surface area contributed by atoms with Crippen molar-refractivity contribution < 1.29 is 8.42 Å². The summed E-state index contributed by atoms with van der Waals surface area (Å²) in [7, 11) is -3.44. The highest BCUT2D eigenvalue weighted by molar-refractivity contribution is 7.91. The third kappa shape index (κ3) is 4.01. The van der Waals surface area contributed by atoms with Crippen molar-refractivity contribution in [2.24, 2.45) is 0 Å². The summed E-state index contributed by atoms with van der Waals surface area (Å²) in [6.07, 6.45) is 1.97. The largest absolute Gasteiger partial charge is 0.251 e. The van der Waals surface area contributed by atoms with Crippen molar-refractivity contribution in [3.8, 4) is 0 Å². The Morgan fingerprint density at radius 1 is 1.56 bits per heavy atom. The van der Waals surface area contributed by atoms with Crippen LogP contribution in [0.5, 0.6) is 0 Å². The van der Waals surface area contributed by atoms with Gasteiger partial charge in [0.05, 0.1) is 11.2 Å². The van der Waals surface area contributed by atoms with Crippen LogP contribution in [0, 0.1) is 6.92 Å². The molecule has 0 bridgehead atoms. The molecule has 0 fully saturated rings. The summed E-state index contributed by atoms with van der Waals surface area (Å²) in [4.78, 5) is 3.92.